The van der Waals surface area contributed by atoms with Crippen LogP contribution in [0.5, 0.6) is 0 Å². The monoisotopic (exact) mass is 547 g/mol. The van der Waals surface area contributed by atoms with Crippen LogP contribution in [-0.4, -0.2) is 22.2 Å². The average Bonchev–Trinajstić information content (AvgIpc) is 3.65. The molecule has 0 saturated heterocycles. The maximum absolute atomic E-state index is 14.4. The molecule has 0 aliphatic heterocycles. The van der Waals surface area contributed by atoms with Crippen molar-refractivity contribution in [3.8, 4) is 16.8 Å². The minimum Gasteiger partial charge on any atom is -0.364 e. The lowest BCUT2D eigenvalue weighted by molar-refractivity contribution is -0.140. The number of amides is 1. The van der Waals surface area contributed by atoms with E-state index in [0.717, 1.165) is 46.3 Å². The molecule has 1 fully saturated rings. The number of hydrogen-bond acceptors (Lipinski definition) is 4. The van der Waals surface area contributed by atoms with Crippen LogP contribution in [0.15, 0.2) is 66.7 Å². The minimum atomic E-state index is -4.83. The Morgan fingerprint density at radius 2 is 1.82 bits per heavy atom. The van der Waals surface area contributed by atoms with Gasteiger partial charge >= 0.3 is 6.18 Å². The van der Waals surface area contributed by atoms with Crippen LogP contribution in [0.4, 0.5) is 13.2 Å². The summed E-state index contributed by atoms with van der Waals surface area (Å²) in [5.74, 6) is -0.420. The zero-order valence-electron chi connectivity index (χ0n) is 22.4. The summed E-state index contributed by atoms with van der Waals surface area (Å²) in [6, 6.07) is 19.3. The molecule has 1 heterocycles. The van der Waals surface area contributed by atoms with Crippen LogP contribution in [0, 0.1) is 19.8 Å². The smallest absolute Gasteiger partial charge is 0.364 e. The van der Waals surface area contributed by atoms with E-state index in [1.807, 2.05) is 26.0 Å². The predicted molar refractivity (Wildman–Crippen MR) is 149 cm³/mol. The zero-order valence-corrected chi connectivity index (χ0v) is 22.4. The number of primary amides is 1. The Kier molecular flexibility index (Phi) is 7.53. The number of nitrogens with one attached hydrogen (secondary N) is 1. The topological polar surface area (TPSA) is 99.0 Å². The summed E-state index contributed by atoms with van der Waals surface area (Å²) in [6.07, 6.45) is -2.51. The normalized spacial score (nSPS) is 14.3. The molecule has 5 N–H and O–H groups in total. The summed E-state index contributed by atoms with van der Waals surface area (Å²) in [6.45, 7) is 5.03. The molecule has 6 nitrogen and oxygen atoms in total. The van der Waals surface area contributed by atoms with Gasteiger partial charge in [-0.05, 0) is 85.2 Å². The third-order valence-corrected chi connectivity index (χ3v) is 7.33. The molecule has 1 unspecified atom stereocenters. The molecule has 40 heavy (non-hydrogen) atoms. The van der Waals surface area contributed by atoms with Crippen molar-refractivity contribution in [2.24, 2.45) is 17.4 Å². The fraction of sp³-hybridized carbons (Fsp3) is 0.290. The highest BCUT2D eigenvalue weighted by Crippen LogP contribution is 2.41. The van der Waals surface area contributed by atoms with Crippen LogP contribution >= 0.6 is 0 Å². The number of hydrogen-bond donors (Lipinski definition) is 3. The standard InChI is InChI=1S/C31H32F3N5O/c1-18-9-12-25(19(2)13-18)27(37-17-20-10-11-20)23-7-4-6-22(15-23)26-28(30(36)40)39(38-29(26)31(32,33)34)24-8-3-5-21(14-24)16-35/h3-9,12-15,20,27,37H,10-11,16-17,35H2,1-2H3,(H2,36,40). The van der Waals surface area contributed by atoms with E-state index in [4.69, 9.17) is 11.5 Å². The Morgan fingerprint density at radius 3 is 2.48 bits per heavy atom. The molecule has 1 aromatic heterocycles. The Morgan fingerprint density at radius 1 is 1.07 bits per heavy atom. The van der Waals surface area contributed by atoms with Gasteiger partial charge < -0.3 is 16.8 Å². The molecule has 1 amide bonds. The van der Waals surface area contributed by atoms with Crippen molar-refractivity contribution in [2.45, 2.75) is 45.5 Å². The summed E-state index contributed by atoms with van der Waals surface area (Å²) < 4.78 is 44.2. The van der Waals surface area contributed by atoms with Gasteiger partial charge in [-0.15, -0.1) is 0 Å². The molecule has 0 radical (unpaired) electrons. The molecule has 1 saturated carbocycles. The van der Waals surface area contributed by atoms with Gasteiger partial charge in [-0.3, -0.25) is 4.79 Å². The first-order valence-electron chi connectivity index (χ1n) is 13.3. The van der Waals surface area contributed by atoms with E-state index < -0.39 is 17.8 Å². The highest BCUT2D eigenvalue weighted by atomic mass is 19.4. The van der Waals surface area contributed by atoms with E-state index in [9.17, 15) is 18.0 Å². The molecule has 1 aliphatic rings. The van der Waals surface area contributed by atoms with E-state index in [0.29, 0.717) is 11.5 Å². The molecule has 4 aromatic rings. The Balaban J connectivity index is 1.68. The molecule has 208 valence electrons. The van der Waals surface area contributed by atoms with E-state index >= 15 is 0 Å². The van der Waals surface area contributed by atoms with Crippen molar-refractivity contribution in [3.05, 3.63) is 106 Å². The van der Waals surface area contributed by atoms with Gasteiger partial charge in [-0.25, -0.2) is 4.68 Å². The number of carbonyl (C=O) groups is 1. The van der Waals surface area contributed by atoms with E-state index in [1.165, 1.54) is 0 Å². The van der Waals surface area contributed by atoms with Gasteiger partial charge in [0.05, 0.1) is 11.7 Å². The van der Waals surface area contributed by atoms with Crippen LogP contribution in [-0.2, 0) is 12.7 Å². The number of aryl methyl sites for hydroxylation is 2. The quantitative estimate of drug-likeness (QED) is 0.246. The van der Waals surface area contributed by atoms with Gasteiger partial charge in [0, 0.05) is 12.1 Å². The maximum Gasteiger partial charge on any atom is 0.435 e. The lowest BCUT2D eigenvalue weighted by Gasteiger charge is -2.23. The highest BCUT2D eigenvalue weighted by Gasteiger charge is 2.41. The first-order valence-corrected chi connectivity index (χ1v) is 13.3. The van der Waals surface area contributed by atoms with Gasteiger partial charge in [-0.2, -0.15) is 18.3 Å². The summed E-state index contributed by atoms with van der Waals surface area (Å²) in [5, 5.41) is 7.52. The van der Waals surface area contributed by atoms with Crippen molar-refractivity contribution in [2.75, 3.05) is 6.54 Å². The van der Waals surface area contributed by atoms with Crippen LogP contribution in [0.25, 0.3) is 16.8 Å². The van der Waals surface area contributed by atoms with E-state index in [1.54, 1.807) is 42.5 Å². The Bertz CT molecular complexity index is 1560. The van der Waals surface area contributed by atoms with Crippen molar-refractivity contribution in [1.29, 1.82) is 0 Å². The van der Waals surface area contributed by atoms with Crippen molar-refractivity contribution in [1.82, 2.24) is 15.1 Å². The van der Waals surface area contributed by atoms with Gasteiger partial charge in [0.2, 0.25) is 0 Å². The second kappa shape index (κ2) is 10.9. The second-order valence-corrected chi connectivity index (χ2v) is 10.5. The lowest BCUT2D eigenvalue weighted by Crippen LogP contribution is -2.25. The second-order valence-electron chi connectivity index (χ2n) is 10.5. The minimum absolute atomic E-state index is 0.176. The fourth-order valence-corrected chi connectivity index (χ4v) is 5.16. The molecular weight excluding hydrogens is 515 g/mol. The number of aromatic nitrogens is 2. The molecule has 3 aromatic carbocycles. The van der Waals surface area contributed by atoms with Crippen LogP contribution in [0.2, 0.25) is 0 Å². The van der Waals surface area contributed by atoms with Crippen LogP contribution < -0.4 is 16.8 Å². The SMILES string of the molecule is Cc1ccc(C(NCC2CC2)c2cccc(-c3c(C(F)(F)F)nn(-c4cccc(CN)c4)c3C(N)=O)c2)c(C)c1. The number of rotatable bonds is 9. The zero-order chi connectivity index (χ0) is 28.6. The first-order chi connectivity index (χ1) is 19.1. The molecule has 9 heteroatoms. The third-order valence-electron chi connectivity index (χ3n) is 7.33. The lowest BCUT2D eigenvalue weighted by atomic mass is 9.91. The summed E-state index contributed by atoms with van der Waals surface area (Å²) >= 11 is 0. The first kappa shape index (κ1) is 27.6. The van der Waals surface area contributed by atoms with Crippen LogP contribution in [0.1, 0.15) is 62.9 Å². The van der Waals surface area contributed by atoms with Crippen LogP contribution in [0.3, 0.4) is 0 Å². The number of carbonyl (C=O) groups excluding carboxylic acids is 1. The highest BCUT2D eigenvalue weighted by molar-refractivity contribution is 5.99. The summed E-state index contributed by atoms with van der Waals surface area (Å²) in [4.78, 5) is 12.7. The van der Waals surface area contributed by atoms with Crippen molar-refractivity contribution >= 4 is 5.91 Å². The molecule has 5 rings (SSSR count). The number of nitrogens with two attached hydrogens (primary N) is 2. The van der Waals surface area contributed by atoms with Gasteiger partial charge in [0.15, 0.2) is 5.69 Å². The number of halogens is 3. The number of nitrogens with zero attached hydrogens (tertiary/aromatic N) is 2. The van der Waals surface area contributed by atoms with E-state index in [-0.39, 0.29) is 35.1 Å². The van der Waals surface area contributed by atoms with Crippen molar-refractivity contribution < 1.29 is 18.0 Å². The maximum atomic E-state index is 14.4. The fourth-order valence-electron chi connectivity index (χ4n) is 5.16. The van der Waals surface area contributed by atoms with Gasteiger partial charge in [-0.1, -0.05) is 54.1 Å². The van der Waals surface area contributed by atoms with Gasteiger partial charge in [0.25, 0.3) is 5.91 Å². The number of alkyl halides is 3. The number of benzene rings is 3. The molecule has 1 aliphatic carbocycles. The predicted octanol–water partition coefficient (Wildman–Crippen LogP) is 5.82. The van der Waals surface area contributed by atoms with Gasteiger partial charge in [0.1, 0.15) is 5.69 Å². The molecule has 0 bridgehead atoms. The Hall–Kier alpha value is -3.95. The molecular formula is C31H32F3N5O. The summed E-state index contributed by atoms with van der Waals surface area (Å²) in [5.41, 5.74) is 14.8. The Labute approximate surface area is 231 Å². The van der Waals surface area contributed by atoms with Crippen molar-refractivity contribution in [3.63, 3.8) is 0 Å². The average molecular weight is 548 g/mol. The molecule has 0 spiro atoms. The molecule has 1 atom stereocenters. The summed E-state index contributed by atoms with van der Waals surface area (Å²) in [7, 11) is 0. The largest absolute Gasteiger partial charge is 0.435 e. The third kappa shape index (κ3) is 5.66. The van der Waals surface area contributed by atoms with E-state index in [2.05, 4.69) is 22.5 Å².